The molecule has 0 aliphatic heterocycles. The summed E-state index contributed by atoms with van der Waals surface area (Å²) in [4.78, 5) is 45.1. The van der Waals surface area contributed by atoms with Gasteiger partial charge in [-0.15, -0.1) is 11.8 Å². The molecule has 130 valence electrons. The van der Waals surface area contributed by atoms with E-state index >= 15 is 0 Å². The number of rotatable bonds is 8. The van der Waals surface area contributed by atoms with Crippen LogP contribution in [-0.2, 0) is 19.1 Å². The summed E-state index contributed by atoms with van der Waals surface area (Å²) in [6.45, 7) is 1.98. The quantitative estimate of drug-likeness (QED) is 0.481. The van der Waals surface area contributed by atoms with Crippen molar-refractivity contribution in [3.63, 3.8) is 0 Å². The molecule has 1 rings (SSSR count). The van der Waals surface area contributed by atoms with Gasteiger partial charge in [0, 0.05) is 17.0 Å². The summed E-state index contributed by atoms with van der Waals surface area (Å²) in [5.74, 6) is -1.36. The number of hydrogen-bond acceptors (Lipinski definition) is 6. The highest BCUT2D eigenvalue weighted by molar-refractivity contribution is 8.00. The summed E-state index contributed by atoms with van der Waals surface area (Å²) < 4.78 is 4.74. The lowest BCUT2D eigenvalue weighted by atomic mass is 10.2. The molecule has 0 aliphatic rings. The first-order chi connectivity index (χ1) is 11.4. The van der Waals surface area contributed by atoms with Crippen LogP contribution in [0.15, 0.2) is 29.2 Å². The molecule has 0 fully saturated rings. The number of esters is 1. The van der Waals surface area contributed by atoms with Gasteiger partial charge in [0.05, 0.1) is 18.8 Å². The second-order valence-electron chi connectivity index (χ2n) is 4.52. The Bertz CT molecular complexity index is 602. The van der Waals surface area contributed by atoms with Gasteiger partial charge in [-0.2, -0.15) is 0 Å². The van der Waals surface area contributed by atoms with Crippen LogP contribution >= 0.6 is 11.8 Å². The SMILES string of the molecule is CCOC(=O)CCC(=O)Nc1ccc(SCC(=O)NC(=O)O)cc1. The van der Waals surface area contributed by atoms with Gasteiger partial charge in [-0.3, -0.25) is 19.7 Å². The van der Waals surface area contributed by atoms with Gasteiger partial charge in [0.15, 0.2) is 0 Å². The number of anilines is 1. The monoisotopic (exact) mass is 354 g/mol. The van der Waals surface area contributed by atoms with Crippen molar-refractivity contribution in [3.05, 3.63) is 24.3 Å². The van der Waals surface area contributed by atoms with Gasteiger partial charge >= 0.3 is 12.1 Å². The van der Waals surface area contributed by atoms with Crippen molar-refractivity contribution in [2.75, 3.05) is 17.7 Å². The lowest BCUT2D eigenvalue weighted by molar-refractivity contribution is -0.144. The number of carboxylic acid groups (broad SMARTS) is 1. The van der Waals surface area contributed by atoms with Crippen LogP contribution in [0.4, 0.5) is 10.5 Å². The number of amides is 3. The Balaban J connectivity index is 2.38. The van der Waals surface area contributed by atoms with Gasteiger partial charge in [-0.05, 0) is 31.2 Å². The molecule has 3 amide bonds. The molecule has 0 heterocycles. The van der Waals surface area contributed by atoms with Crippen LogP contribution in [0.25, 0.3) is 0 Å². The van der Waals surface area contributed by atoms with Crippen LogP contribution < -0.4 is 10.6 Å². The fourth-order valence-electron chi connectivity index (χ4n) is 1.61. The van der Waals surface area contributed by atoms with Crippen LogP contribution in [-0.4, -0.2) is 41.3 Å². The van der Waals surface area contributed by atoms with Crippen molar-refractivity contribution >= 4 is 41.3 Å². The second-order valence-corrected chi connectivity index (χ2v) is 5.57. The molecular formula is C15H18N2O6S. The zero-order valence-corrected chi connectivity index (χ0v) is 13.9. The average molecular weight is 354 g/mol. The van der Waals surface area contributed by atoms with Crippen LogP contribution in [0.5, 0.6) is 0 Å². The maximum Gasteiger partial charge on any atom is 0.411 e. The zero-order valence-electron chi connectivity index (χ0n) is 13.0. The number of benzene rings is 1. The van der Waals surface area contributed by atoms with Gasteiger partial charge in [0.25, 0.3) is 0 Å². The highest BCUT2D eigenvalue weighted by Gasteiger charge is 2.09. The average Bonchev–Trinajstić information content (AvgIpc) is 2.52. The highest BCUT2D eigenvalue weighted by Crippen LogP contribution is 2.20. The molecule has 1 aromatic rings. The predicted octanol–water partition coefficient (Wildman–Crippen LogP) is 1.85. The summed E-state index contributed by atoms with van der Waals surface area (Å²) in [5, 5.41) is 12.8. The van der Waals surface area contributed by atoms with Gasteiger partial charge < -0.3 is 15.2 Å². The van der Waals surface area contributed by atoms with E-state index in [1.807, 2.05) is 0 Å². The Hall–Kier alpha value is -2.55. The third kappa shape index (κ3) is 8.18. The molecule has 0 bridgehead atoms. The Morgan fingerprint density at radius 2 is 1.75 bits per heavy atom. The Labute approximate surface area is 142 Å². The molecule has 0 aromatic heterocycles. The highest BCUT2D eigenvalue weighted by atomic mass is 32.2. The Kier molecular flexibility index (Phi) is 8.34. The molecule has 3 N–H and O–H groups in total. The summed E-state index contributed by atoms with van der Waals surface area (Å²) in [6.07, 6.45) is -1.33. The number of nitrogens with one attached hydrogen (secondary N) is 2. The molecule has 0 saturated heterocycles. The summed E-state index contributed by atoms with van der Waals surface area (Å²) in [6, 6.07) is 6.69. The van der Waals surface area contributed by atoms with Crippen LogP contribution in [0.3, 0.4) is 0 Å². The molecule has 0 unspecified atom stereocenters. The van der Waals surface area contributed by atoms with Crippen molar-refractivity contribution in [1.82, 2.24) is 5.32 Å². The van der Waals surface area contributed by atoms with Crippen molar-refractivity contribution in [2.24, 2.45) is 0 Å². The molecule has 0 saturated carbocycles. The smallest absolute Gasteiger partial charge is 0.411 e. The number of carbonyl (C=O) groups is 4. The molecule has 8 nitrogen and oxygen atoms in total. The maximum absolute atomic E-state index is 11.7. The standard InChI is InChI=1S/C15H18N2O6S/c1-2-23-14(20)8-7-12(18)16-10-3-5-11(6-4-10)24-9-13(19)17-15(21)22/h3-6H,2,7-9H2,1H3,(H,16,18)(H,17,19)(H,21,22). The predicted molar refractivity (Wildman–Crippen MR) is 87.8 cm³/mol. The van der Waals surface area contributed by atoms with Crippen LogP contribution in [0.2, 0.25) is 0 Å². The third-order valence-electron chi connectivity index (χ3n) is 2.62. The lowest BCUT2D eigenvalue weighted by Gasteiger charge is -2.06. The minimum absolute atomic E-state index is 0.0201. The van der Waals surface area contributed by atoms with Crippen LogP contribution in [0, 0.1) is 0 Å². The summed E-state index contributed by atoms with van der Waals surface area (Å²) in [5.41, 5.74) is 0.559. The second kappa shape index (κ2) is 10.3. The number of hydrogen-bond donors (Lipinski definition) is 3. The maximum atomic E-state index is 11.7. The zero-order chi connectivity index (χ0) is 17.9. The fourth-order valence-corrected chi connectivity index (χ4v) is 2.31. The Morgan fingerprint density at radius 1 is 1.08 bits per heavy atom. The van der Waals surface area contributed by atoms with E-state index in [9.17, 15) is 19.2 Å². The van der Waals surface area contributed by atoms with Gasteiger partial charge in [0.2, 0.25) is 11.8 Å². The minimum Gasteiger partial charge on any atom is -0.466 e. The minimum atomic E-state index is -1.39. The molecule has 0 radical (unpaired) electrons. The van der Waals surface area contributed by atoms with Crippen LogP contribution in [0.1, 0.15) is 19.8 Å². The topological polar surface area (TPSA) is 122 Å². The fraction of sp³-hybridized carbons (Fsp3) is 0.333. The summed E-state index contributed by atoms with van der Waals surface area (Å²) >= 11 is 1.17. The normalized spacial score (nSPS) is 9.88. The van der Waals surface area contributed by atoms with E-state index in [-0.39, 0.29) is 31.1 Å². The van der Waals surface area contributed by atoms with E-state index in [1.165, 1.54) is 11.8 Å². The van der Waals surface area contributed by atoms with Gasteiger partial charge in [-0.25, -0.2) is 4.79 Å². The molecule has 1 aromatic carbocycles. The first-order valence-electron chi connectivity index (χ1n) is 7.11. The van der Waals surface area contributed by atoms with Crippen molar-refractivity contribution in [3.8, 4) is 0 Å². The molecule has 0 atom stereocenters. The molecule has 0 aliphatic carbocycles. The van der Waals surface area contributed by atoms with E-state index in [4.69, 9.17) is 9.84 Å². The van der Waals surface area contributed by atoms with E-state index in [1.54, 1.807) is 36.5 Å². The largest absolute Gasteiger partial charge is 0.466 e. The number of imide groups is 1. The number of ether oxygens (including phenoxy) is 1. The lowest BCUT2D eigenvalue weighted by Crippen LogP contribution is -2.30. The molecule has 0 spiro atoms. The van der Waals surface area contributed by atoms with Crippen molar-refractivity contribution in [1.29, 1.82) is 0 Å². The van der Waals surface area contributed by atoms with E-state index in [2.05, 4.69) is 5.32 Å². The Morgan fingerprint density at radius 3 is 2.33 bits per heavy atom. The third-order valence-corrected chi connectivity index (χ3v) is 3.63. The van der Waals surface area contributed by atoms with Gasteiger partial charge in [0.1, 0.15) is 0 Å². The van der Waals surface area contributed by atoms with E-state index in [0.717, 1.165) is 4.90 Å². The van der Waals surface area contributed by atoms with Gasteiger partial charge in [-0.1, -0.05) is 0 Å². The summed E-state index contributed by atoms with van der Waals surface area (Å²) in [7, 11) is 0. The first-order valence-corrected chi connectivity index (χ1v) is 8.10. The molecular weight excluding hydrogens is 336 g/mol. The van der Waals surface area contributed by atoms with E-state index < -0.39 is 18.0 Å². The molecule has 9 heteroatoms. The van der Waals surface area contributed by atoms with E-state index in [0.29, 0.717) is 5.69 Å². The van der Waals surface area contributed by atoms with Crippen molar-refractivity contribution in [2.45, 2.75) is 24.7 Å². The first kappa shape index (κ1) is 19.5. The number of carbonyl (C=O) groups excluding carboxylic acids is 3. The molecule has 24 heavy (non-hydrogen) atoms. The van der Waals surface area contributed by atoms with Crippen molar-refractivity contribution < 1.29 is 29.0 Å². The number of thioether (sulfide) groups is 1.